The number of ether oxygens (including phenoxy) is 1. The van der Waals surface area contributed by atoms with Crippen LogP contribution in [0.3, 0.4) is 0 Å². The number of carbonyl (C=O) groups is 2. The highest BCUT2D eigenvalue weighted by Crippen LogP contribution is 2.26. The van der Waals surface area contributed by atoms with Crippen LogP contribution in [-0.4, -0.2) is 43.4 Å². The van der Waals surface area contributed by atoms with Crippen LogP contribution in [0.25, 0.3) is 0 Å². The molecule has 1 aliphatic heterocycles. The molecule has 1 saturated heterocycles. The van der Waals surface area contributed by atoms with Crippen molar-refractivity contribution < 1.29 is 14.3 Å². The Bertz CT molecular complexity index is 530. The lowest BCUT2D eigenvalue weighted by Gasteiger charge is -2.15. The zero-order chi connectivity index (χ0) is 15.9. The summed E-state index contributed by atoms with van der Waals surface area (Å²) in [6.45, 7) is 2.50. The van der Waals surface area contributed by atoms with Crippen LogP contribution in [-0.2, 0) is 9.53 Å². The van der Waals surface area contributed by atoms with Crippen LogP contribution in [0.5, 0.6) is 0 Å². The summed E-state index contributed by atoms with van der Waals surface area (Å²) >= 11 is 1.63. The Kier molecular flexibility index (Phi) is 6.27. The van der Waals surface area contributed by atoms with Crippen molar-refractivity contribution in [2.24, 2.45) is 0 Å². The fourth-order valence-corrected chi connectivity index (χ4v) is 3.41. The van der Waals surface area contributed by atoms with E-state index in [1.54, 1.807) is 31.8 Å². The Morgan fingerprint density at radius 2 is 2.18 bits per heavy atom. The zero-order valence-electron chi connectivity index (χ0n) is 12.9. The quantitative estimate of drug-likeness (QED) is 0.784. The monoisotopic (exact) mass is 322 g/mol. The van der Waals surface area contributed by atoms with Crippen LogP contribution in [0.1, 0.15) is 30.1 Å². The zero-order valence-corrected chi connectivity index (χ0v) is 13.7. The minimum absolute atomic E-state index is 0.210. The van der Waals surface area contributed by atoms with Crippen molar-refractivity contribution in [1.82, 2.24) is 10.6 Å². The van der Waals surface area contributed by atoms with Crippen molar-refractivity contribution in [1.29, 1.82) is 0 Å². The van der Waals surface area contributed by atoms with E-state index in [1.165, 1.54) is 0 Å². The minimum Gasteiger partial charge on any atom is -0.377 e. The number of likely N-dealkylation sites (N-methyl/N-ethyl adjacent to an activating group) is 1. The fourth-order valence-electron chi connectivity index (χ4n) is 2.30. The molecule has 6 heteroatoms. The first kappa shape index (κ1) is 16.8. The first-order chi connectivity index (χ1) is 10.6. The second-order valence-electron chi connectivity index (χ2n) is 5.25. The van der Waals surface area contributed by atoms with Gasteiger partial charge < -0.3 is 15.4 Å². The Balaban J connectivity index is 2.00. The molecule has 0 saturated carbocycles. The van der Waals surface area contributed by atoms with Crippen LogP contribution >= 0.6 is 11.8 Å². The third-order valence-electron chi connectivity index (χ3n) is 3.57. The summed E-state index contributed by atoms with van der Waals surface area (Å²) in [7, 11) is 1.55. The number of hydrogen-bond acceptors (Lipinski definition) is 4. The summed E-state index contributed by atoms with van der Waals surface area (Å²) in [5, 5.41) is 5.24. The lowest BCUT2D eigenvalue weighted by molar-refractivity contribution is -0.122. The van der Waals surface area contributed by atoms with Gasteiger partial charge in [0, 0.05) is 24.3 Å². The molecule has 1 aromatic rings. The van der Waals surface area contributed by atoms with Gasteiger partial charge in [0.15, 0.2) is 0 Å². The molecule has 1 aliphatic rings. The van der Waals surface area contributed by atoms with Crippen molar-refractivity contribution in [3.05, 3.63) is 29.8 Å². The molecule has 2 N–H and O–H groups in total. The van der Waals surface area contributed by atoms with Gasteiger partial charge in [-0.25, -0.2) is 0 Å². The Hall–Kier alpha value is -1.53. The van der Waals surface area contributed by atoms with E-state index in [-0.39, 0.29) is 17.9 Å². The summed E-state index contributed by atoms with van der Waals surface area (Å²) in [5.41, 5.74) is 0.598. The Morgan fingerprint density at radius 1 is 1.41 bits per heavy atom. The predicted octanol–water partition coefficient (Wildman–Crippen LogP) is 1.82. The van der Waals surface area contributed by atoms with E-state index in [1.807, 2.05) is 18.2 Å². The van der Waals surface area contributed by atoms with Gasteiger partial charge in [-0.1, -0.05) is 12.1 Å². The highest BCUT2D eigenvalue weighted by atomic mass is 32.2. The molecule has 1 aromatic carbocycles. The molecular weight excluding hydrogens is 300 g/mol. The molecule has 1 fully saturated rings. The average molecular weight is 322 g/mol. The van der Waals surface area contributed by atoms with E-state index >= 15 is 0 Å². The molecule has 5 nitrogen and oxygen atoms in total. The van der Waals surface area contributed by atoms with Crippen LogP contribution in [0.15, 0.2) is 29.2 Å². The normalized spacial score (nSPS) is 18.7. The summed E-state index contributed by atoms with van der Waals surface area (Å²) in [6, 6.07) is 6.89. The first-order valence-corrected chi connectivity index (χ1v) is 8.46. The molecule has 1 heterocycles. The van der Waals surface area contributed by atoms with E-state index in [4.69, 9.17) is 4.74 Å². The van der Waals surface area contributed by atoms with Gasteiger partial charge >= 0.3 is 0 Å². The van der Waals surface area contributed by atoms with Crippen LogP contribution in [0, 0.1) is 0 Å². The van der Waals surface area contributed by atoms with Gasteiger partial charge in [0.1, 0.15) is 6.04 Å². The maximum absolute atomic E-state index is 12.4. The van der Waals surface area contributed by atoms with E-state index in [2.05, 4.69) is 10.6 Å². The summed E-state index contributed by atoms with van der Waals surface area (Å²) in [4.78, 5) is 24.8. The molecule has 120 valence electrons. The van der Waals surface area contributed by atoms with Crippen molar-refractivity contribution in [2.75, 3.05) is 19.4 Å². The van der Waals surface area contributed by atoms with Crippen molar-refractivity contribution >= 4 is 23.6 Å². The Morgan fingerprint density at radius 3 is 2.86 bits per heavy atom. The molecule has 0 bridgehead atoms. The molecule has 0 aromatic heterocycles. The highest BCUT2D eigenvalue weighted by Gasteiger charge is 2.20. The molecular formula is C16H22N2O3S. The SMILES string of the molecule is CNC(=O)[C@@H](C)NC(=O)c1ccccc1SC[C@H]1CCCO1. The maximum Gasteiger partial charge on any atom is 0.253 e. The number of nitrogens with one attached hydrogen (secondary N) is 2. The van der Waals surface area contributed by atoms with Gasteiger partial charge in [0.2, 0.25) is 5.91 Å². The van der Waals surface area contributed by atoms with Gasteiger partial charge in [-0.15, -0.1) is 11.8 Å². The molecule has 0 spiro atoms. The number of carbonyl (C=O) groups excluding carboxylic acids is 2. The number of benzene rings is 1. The van der Waals surface area contributed by atoms with E-state index < -0.39 is 6.04 Å². The second kappa shape index (κ2) is 8.19. The van der Waals surface area contributed by atoms with Crippen molar-refractivity contribution in [2.45, 2.75) is 36.8 Å². The minimum atomic E-state index is -0.561. The lowest BCUT2D eigenvalue weighted by atomic mass is 10.2. The average Bonchev–Trinajstić information content (AvgIpc) is 3.05. The molecule has 22 heavy (non-hydrogen) atoms. The summed E-state index contributed by atoms with van der Waals surface area (Å²) in [6.07, 6.45) is 2.46. The van der Waals surface area contributed by atoms with Gasteiger partial charge in [-0.05, 0) is 31.9 Å². The number of amides is 2. The van der Waals surface area contributed by atoms with Crippen LogP contribution in [0.2, 0.25) is 0 Å². The largest absolute Gasteiger partial charge is 0.377 e. The smallest absolute Gasteiger partial charge is 0.253 e. The van der Waals surface area contributed by atoms with Crippen molar-refractivity contribution in [3.63, 3.8) is 0 Å². The van der Waals surface area contributed by atoms with Crippen molar-refractivity contribution in [3.8, 4) is 0 Å². The standard InChI is InChI=1S/C16H22N2O3S/c1-11(15(19)17-2)18-16(20)13-7-3-4-8-14(13)22-10-12-6-5-9-21-12/h3-4,7-8,11-12H,5-6,9-10H2,1-2H3,(H,17,19)(H,18,20)/t11-,12-/m1/s1. The summed E-state index contributed by atoms with van der Waals surface area (Å²) < 4.78 is 5.61. The number of thioether (sulfide) groups is 1. The highest BCUT2D eigenvalue weighted by molar-refractivity contribution is 7.99. The second-order valence-corrected chi connectivity index (χ2v) is 6.31. The molecule has 0 aliphatic carbocycles. The van der Waals surface area contributed by atoms with Crippen LogP contribution in [0.4, 0.5) is 0 Å². The third-order valence-corrected chi connectivity index (χ3v) is 4.77. The van der Waals surface area contributed by atoms with Gasteiger partial charge in [-0.2, -0.15) is 0 Å². The van der Waals surface area contributed by atoms with Gasteiger partial charge in [0.25, 0.3) is 5.91 Å². The van der Waals surface area contributed by atoms with Crippen LogP contribution < -0.4 is 10.6 Å². The third kappa shape index (κ3) is 4.48. The van der Waals surface area contributed by atoms with E-state index in [0.717, 1.165) is 30.1 Å². The maximum atomic E-state index is 12.4. The van der Waals surface area contributed by atoms with Gasteiger partial charge in [-0.3, -0.25) is 9.59 Å². The first-order valence-electron chi connectivity index (χ1n) is 7.47. The molecule has 2 amide bonds. The topological polar surface area (TPSA) is 67.4 Å². The summed E-state index contributed by atoms with van der Waals surface area (Å²) in [5.74, 6) is 0.402. The Labute approximate surface area is 135 Å². The lowest BCUT2D eigenvalue weighted by Crippen LogP contribution is -2.43. The predicted molar refractivity (Wildman–Crippen MR) is 87.1 cm³/mol. The molecule has 0 radical (unpaired) electrons. The molecule has 2 atom stereocenters. The van der Waals surface area contributed by atoms with E-state index in [0.29, 0.717) is 5.56 Å². The molecule has 0 unspecified atom stereocenters. The fraction of sp³-hybridized carbons (Fsp3) is 0.500. The van der Waals surface area contributed by atoms with E-state index in [9.17, 15) is 9.59 Å². The molecule has 2 rings (SSSR count). The van der Waals surface area contributed by atoms with Gasteiger partial charge in [0.05, 0.1) is 11.7 Å². The number of hydrogen-bond donors (Lipinski definition) is 2. The number of rotatable bonds is 6.